The minimum absolute atomic E-state index is 0.152. The molecular weight excluding hydrogens is 442 g/mol. The van der Waals surface area contributed by atoms with Crippen molar-refractivity contribution in [3.8, 4) is 22.3 Å². The maximum Gasteiger partial charge on any atom is 0.272 e. The standard InChI is InChI=1S/C26H25N7O2/c1-32-15-20(14-30-32)19-11-22(24(27)29-13-19)25(34)31-21-9-10-33(16-21)26(35)23-8-7-18(12-28-23)17-5-3-2-4-6-17/h2-8,11-15,21H,9-10,16H2,1H3,(H2,27,29)(H,31,34)/t21-/m1/s1. The van der Waals surface area contributed by atoms with Crippen molar-refractivity contribution in [1.82, 2.24) is 30.0 Å². The number of amides is 2. The molecule has 9 heteroatoms. The molecule has 0 bridgehead atoms. The number of carbonyl (C=O) groups is 2. The molecule has 176 valence electrons. The summed E-state index contributed by atoms with van der Waals surface area (Å²) in [6, 6.07) is 15.1. The number of carbonyl (C=O) groups excluding carboxylic acids is 2. The van der Waals surface area contributed by atoms with Crippen LogP contribution in [0.4, 0.5) is 5.82 Å². The van der Waals surface area contributed by atoms with E-state index >= 15 is 0 Å². The Balaban J connectivity index is 1.23. The lowest BCUT2D eigenvalue weighted by Gasteiger charge is -2.17. The molecule has 1 atom stereocenters. The Morgan fingerprint density at radius 2 is 1.77 bits per heavy atom. The van der Waals surface area contributed by atoms with Crippen molar-refractivity contribution in [3.05, 3.63) is 84.6 Å². The van der Waals surface area contributed by atoms with Crippen molar-refractivity contribution in [2.75, 3.05) is 18.8 Å². The summed E-state index contributed by atoms with van der Waals surface area (Å²) in [5.41, 5.74) is 10.3. The second-order valence-corrected chi connectivity index (χ2v) is 8.57. The van der Waals surface area contributed by atoms with Gasteiger partial charge in [0.1, 0.15) is 11.5 Å². The number of nitrogens with two attached hydrogens (primary N) is 1. The number of hydrogen-bond acceptors (Lipinski definition) is 6. The Hall–Kier alpha value is -4.53. The fourth-order valence-corrected chi connectivity index (χ4v) is 4.19. The van der Waals surface area contributed by atoms with E-state index in [9.17, 15) is 9.59 Å². The highest BCUT2D eigenvalue weighted by Gasteiger charge is 2.29. The first-order chi connectivity index (χ1) is 17.0. The molecule has 1 aromatic carbocycles. The summed E-state index contributed by atoms with van der Waals surface area (Å²) in [6.45, 7) is 0.942. The zero-order valence-electron chi connectivity index (χ0n) is 19.3. The third-order valence-electron chi connectivity index (χ3n) is 6.10. The highest BCUT2D eigenvalue weighted by Crippen LogP contribution is 2.23. The lowest BCUT2D eigenvalue weighted by atomic mass is 10.1. The van der Waals surface area contributed by atoms with Gasteiger partial charge in [-0.15, -0.1) is 0 Å². The third kappa shape index (κ3) is 4.74. The normalized spacial score (nSPS) is 15.2. The average Bonchev–Trinajstić information content (AvgIpc) is 3.53. The number of nitrogens with zero attached hydrogens (tertiary/aromatic N) is 5. The first-order valence-electron chi connectivity index (χ1n) is 11.3. The summed E-state index contributed by atoms with van der Waals surface area (Å²) < 4.78 is 1.68. The maximum absolute atomic E-state index is 13.0. The topological polar surface area (TPSA) is 119 Å². The van der Waals surface area contributed by atoms with Crippen molar-refractivity contribution in [2.24, 2.45) is 7.05 Å². The number of rotatable bonds is 5. The van der Waals surface area contributed by atoms with E-state index in [1.54, 1.807) is 40.3 Å². The Labute approximate surface area is 202 Å². The highest BCUT2D eigenvalue weighted by molar-refractivity contribution is 5.99. The van der Waals surface area contributed by atoms with Crippen molar-refractivity contribution in [2.45, 2.75) is 12.5 Å². The van der Waals surface area contributed by atoms with Crippen LogP contribution in [0.5, 0.6) is 0 Å². The van der Waals surface area contributed by atoms with Gasteiger partial charge in [-0.25, -0.2) is 4.98 Å². The Kier molecular flexibility index (Phi) is 5.97. The van der Waals surface area contributed by atoms with Crippen LogP contribution < -0.4 is 11.1 Å². The number of nitrogens with one attached hydrogen (secondary N) is 1. The molecule has 3 aromatic heterocycles. The molecule has 0 aliphatic carbocycles. The number of anilines is 1. The largest absolute Gasteiger partial charge is 0.383 e. The van der Waals surface area contributed by atoms with Gasteiger partial charge in [0.2, 0.25) is 0 Å². The van der Waals surface area contributed by atoms with E-state index in [0.717, 1.165) is 22.3 Å². The van der Waals surface area contributed by atoms with Crippen molar-refractivity contribution in [1.29, 1.82) is 0 Å². The molecule has 5 rings (SSSR count). The van der Waals surface area contributed by atoms with Gasteiger partial charge < -0.3 is 16.0 Å². The van der Waals surface area contributed by atoms with Gasteiger partial charge in [-0.3, -0.25) is 19.3 Å². The number of benzene rings is 1. The molecule has 0 radical (unpaired) electrons. The fraction of sp³-hybridized carbons (Fsp3) is 0.192. The zero-order chi connectivity index (χ0) is 24.4. The SMILES string of the molecule is Cn1cc(-c2cnc(N)c(C(=O)N[C@@H]3CCN(C(=O)c4ccc(-c5ccccc5)cn4)C3)c2)cn1. The zero-order valence-corrected chi connectivity index (χ0v) is 19.3. The number of aryl methyl sites for hydroxylation is 1. The van der Waals surface area contributed by atoms with Crippen LogP contribution in [0.3, 0.4) is 0 Å². The second-order valence-electron chi connectivity index (χ2n) is 8.57. The van der Waals surface area contributed by atoms with Gasteiger partial charge in [-0.05, 0) is 24.1 Å². The van der Waals surface area contributed by atoms with Crippen LogP contribution in [0, 0.1) is 0 Å². The molecule has 1 saturated heterocycles. The van der Waals surface area contributed by atoms with E-state index in [2.05, 4.69) is 20.4 Å². The van der Waals surface area contributed by atoms with Crippen LogP contribution in [0.2, 0.25) is 0 Å². The minimum Gasteiger partial charge on any atom is -0.383 e. The highest BCUT2D eigenvalue weighted by atomic mass is 16.2. The van der Waals surface area contributed by atoms with Crippen LogP contribution >= 0.6 is 0 Å². The van der Waals surface area contributed by atoms with Crippen LogP contribution in [-0.4, -0.2) is 55.6 Å². The number of likely N-dealkylation sites (tertiary alicyclic amines) is 1. The van der Waals surface area contributed by atoms with Gasteiger partial charge in [-0.2, -0.15) is 5.10 Å². The Morgan fingerprint density at radius 3 is 2.49 bits per heavy atom. The van der Waals surface area contributed by atoms with E-state index in [0.29, 0.717) is 30.8 Å². The number of aromatic nitrogens is 4. The van der Waals surface area contributed by atoms with E-state index in [4.69, 9.17) is 5.73 Å². The summed E-state index contributed by atoms with van der Waals surface area (Å²) >= 11 is 0. The summed E-state index contributed by atoms with van der Waals surface area (Å²) in [7, 11) is 1.82. The van der Waals surface area contributed by atoms with Crippen LogP contribution in [-0.2, 0) is 7.05 Å². The molecule has 35 heavy (non-hydrogen) atoms. The van der Waals surface area contributed by atoms with Crippen molar-refractivity contribution < 1.29 is 9.59 Å². The van der Waals surface area contributed by atoms with Gasteiger partial charge in [0.25, 0.3) is 11.8 Å². The molecule has 0 saturated carbocycles. The number of hydrogen-bond donors (Lipinski definition) is 2. The van der Waals surface area contributed by atoms with Gasteiger partial charge in [-0.1, -0.05) is 36.4 Å². The summed E-state index contributed by atoms with van der Waals surface area (Å²) in [4.78, 5) is 36.2. The monoisotopic (exact) mass is 467 g/mol. The van der Waals surface area contributed by atoms with Gasteiger partial charge >= 0.3 is 0 Å². The van der Waals surface area contributed by atoms with E-state index in [-0.39, 0.29) is 23.7 Å². The van der Waals surface area contributed by atoms with Crippen molar-refractivity contribution in [3.63, 3.8) is 0 Å². The molecule has 3 N–H and O–H groups in total. The predicted octanol–water partition coefficient (Wildman–Crippen LogP) is 2.77. The lowest BCUT2D eigenvalue weighted by molar-refractivity contribution is 0.0777. The molecule has 0 spiro atoms. The molecule has 1 aliphatic heterocycles. The molecule has 4 heterocycles. The van der Waals surface area contributed by atoms with Gasteiger partial charge in [0, 0.05) is 61.5 Å². The quantitative estimate of drug-likeness (QED) is 0.466. The smallest absolute Gasteiger partial charge is 0.272 e. The second kappa shape index (κ2) is 9.38. The summed E-state index contributed by atoms with van der Waals surface area (Å²) in [5, 5.41) is 7.15. The van der Waals surface area contributed by atoms with Crippen LogP contribution in [0.1, 0.15) is 27.3 Å². The Bertz CT molecular complexity index is 1370. The van der Waals surface area contributed by atoms with Gasteiger partial charge in [0.15, 0.2) is 0 Å². The maximum atomic E-state index is 13.0. The van der Waals surface area contributed by atoms with E-state index < -0.39 is 0 Å². The molecular formula is C26H25N7O2. The molecule has 0 unspecified atom stereocenters. The lowest BCUT2D eigenvalue weighted by Crippen LogP contribution is -2.39. The summed E-state index contributed by atoms with van der Waals surface area (Å²) in [6.07, 6.45) is 7.53. The first kappa shape index (κ1) is 22.3. The average molecular weight is 468 g/mol. The first-order valence-corrected chi connectivity index (χ1v) is 11.3. The minimum atomic E-state index is -0.314. The number of pyridine rings is 2. The Morgan fingerprint density at radius 1 is 0.971 bits per heavy atom. The molecule has 2 amide bonds. The summed E-state index contributed by atoms with van der Waals surface area (Å²) in [5.74, 6) is -0.310. The molecule has 1 fully saturated rings. The fourth-order valence-electron chi connectivity index (χ4n) is 4.19. The van der Waals surface area contributed by atoms with E-state index in [1.807, 2.05) is 49.6 Å². The van der Waals surface area contributed by atoms with Gasteiger partial charge in [0.05, 0.1) is 11.8 Å². The molecule has 1 aliphatic rings. The number of nitrogen functional groups attached to an aromatic ring is 1. The molecule has 9 nitrogen and oxygen atoms in total. The molecule has 4 aromatic rings. The van der Waals surface area contributed by atoms with Crippen molar-refractivity contribution >= 4 is 17.6 Å². The van der Waals surface area contributed by atoms with Crippen LogP contribution in [0.15, 0.2) is 73.3 Å². The van der Waals surface area contributed by atoms with Crippen LogP contribution in [0.25, 0.3) is 22.3 Å². The predicted molar refractivity (Wildman–Crippen MR) is 132 cm³/mol. The van der Waals surface area contributed by atoms with E-state index in [1.165, 1.54) is 0 Å². The third-order valence-corrected chi connectivity index (χ3v) is 6.10.